The molecular formula is C10H18O2. The molecule has 12 heavy (non-hydrogen) atoms. The van der Waals surface area contributed by atoms with Gasteiger partial charge >= 0.3 is 0 Å². The van der Waals surface area contributed by atoms with Gasteiger partial charge in [0.2, 0.25) is 0 Å². The lowest BCUT2D eigenvalue weighted by Gasteiger charge is -2.21. The largest absolute Gasteiger partial charge is 0.381 e. The normalized spacial score (nSPS) is 24.4. The molecule has 1 aliphatic rings. The molecule has 1 atom stereocenters. The van der Waals surface area contributed by atoms with Crippen molar-refractivity contribution in [2.45, 2.75) is 33.1 Å². The Morgan fingerprint density at radius 2 is 2.33 bits per heavy atom. The summed E-state index contributed by atoms with van der Waals surface area (Å²) in [6.45, 7) is 5.67. The molecule has 1 fully saturated rings. The zero-order valence-electron chi connectivity index (χ0n) is 8.01. The molecule has 1 aliphatic heterocycles. The first-order chi connectivity index (χ1) is 5.70. The van der Waals surface area contributed by atoms with Crippen molar-refractivity contribution < 1.29 is 9.53 Å². The lowest BCUT2D eigenvalue weighted by molar-refractivity contribution is -0.127. The molecule has 0 aromatic carbocycles. The molecule has 0 spiro atoms. The van der Waals surface area contributed by atoms with Gasteiger partial charge in [-0.1, -0.05) is 13.8 Å². The van der Waals surface area contributed by atoms with Crippen molar-refractivity contribution in [3.8, 4) is 0 Å². The van der Waals surface area contributed by atoms with Gasteiger partial charge < -0.3 is 4.74 Å². The summed E-state index contributed by atoms with van der Waals surface area (Å²) in [4.78, 5) is 11.5. The Morgan fingerprint density at radius 1 is 1.58 bits per heavy atom. The molecule has 1 unspecified atom stereocenters. The van der Waals surface area contributed by atoms with Crippen molar-refractivity contribution in [2.24, 2.45) is 11.8 Å². The minimum absolute atomic E-state index is 0.196. The minimum atomic E-state index is 0.196. The molecule has 0 aromatic heterocycles. The van der Waals surface area contributed by atoms with E-state index in [4.69, 9.17) is 4.74 Å². The van der Waals surface area contributed by atoms with E-state index in [2.05, 4.69) is 13.8 Å². The van der Waals surface area contributed by atoms with Crippen LogP contribution in [0.2, 0.25) is 0 Å². The highest BCUT2D eigenvalue weighted by Crippen LogP contribution is 2.17. The zero-order valence-corrected chi connectivity index (χ0v) is 8.01. The van der Waals surface area contributed by atoms with Crippen LogP contribution in [-0.4, -0.2) is 19.0 Å². The van der Waals surface area contributed by atoms with Crippen LogP contribution in [0.15, 0.2) is 0 Å². The van der Waals surface area contributed by atoms with Gasteiger partial charge in [0.1, 0.15) is 5.78 Å². The van der Waals surface area contributed by atoms with Crippen LogP contribution in [0, 0.1) is 11.8 Å². The fraction of sp³-hybridized carbons (Fsp3) is 0.900. The van der Waals surface area contributed by atoms with Crippen molar-refractivity contribution in [3.05, 3.63) is 0 Å². The summed E-state index contributed by atoms with van der Waals surface area (Å²) in [6, 6.07) is 0. The second-order valence-corrected chi connectivity index (χ2v) is 3.98. The molecule has 70 valence electrons. The van der Waals surface area contributed by atoms with Gasteiger partial charge in [0.15, 0.2) is 0 Å². The summed E-state index contributed by atoms with van der Waals surface area (Å²) in [5.74, 6) is 1.07. The third-order valence-electron chi connectivity index (χ3n) is 2.23. The molecule has 0 radical (unpaired) electrons. The van der Waals surface area contributed by atoms with Gasteiger partial charge in [-0.3, -0.25) is 4.79 Å². The lowest BCUT2D eigenvalue weighted by Crippen LogP contribution is -2.25. The van der Waals surface area contributed by atoms with Crippen LogP contribution in [0.1, 0.15) is 33.1 Å². The standard InChI is InChI=1S/C10H18O2/c1-8(2)6-10(11)9-4-3-5-12-7-9/h8-9H,3-7H2,1-2H3. The van der Waals surface area contributed by atoms with Crippen molar-refractivity contribution in [3.63, 3.8) is 0 Å². The molecule has 0 N–H and O–H groups in total. The Morgan fingerprint density at radius 3 is 2.83 bits per heavy atom. The van der Waals surface area contributed by atoms with Crippen LogP contribution in [0.25, 0.3) is 0 Å². The molecule has 1 heterocycles. The number of carbonyl (C=O) groups is 1. The van der Waals surface area contributed by atoms with Crippen LogP contribution in [0.4, 0.5) is 0 Å². The maximum atomic E-state index is 11.5. The number of rotatable bonds is 3. The second kappa shape index (κ2) is 4.61. The molecule has 0 amide bonds. The smallest absolute Gasteiger partial charge is 0.138 e. The zero-order chi connectivity index (χ0) is 8.97. The van der Waals surface area contributed by atoms with Crippen LogP contribution in [0.5, 0.6) is 0 Å². The van der Waals surface area contributed by atoms with Gasteiger partial charge in [-0.05, 0) is 18.8 Å². The Kier molecular flexibility index (Phi) is 3.73. The first-order valence-corrected chi connectivity index (χ1v) is 4.80. The Bertz CT molecular complexity index is 146. The van der Waals surface area contributed by atoms with Crippen molar-refractivity contribution >= 4 is 5.78 Å². The van der Waals surface area contributed by atoms with Gasteiger partial charge in [0, 0.05) is 18.9 Å². The summed E-state index contributed by atoms with van der Waals surface area (Å²) < 4.78 is 5.26. The fourth-order valence-electron chi connectivity index (χ4n) is 1.56. The number of hydrogen-bond acceptors (Lipinski definition) is 2. The van der Waals surface area contributed by atoms with Crippen molar-refractivity contribution in [1.82, 2.24) is 0 Å². The SMILES string of the molecule is CC(C)CC(=O)C1CCCOC1. The molecule has 0 bridgehead atoms. The minimum Gasteiger partial charge on any atom is -0.381 e. The van der Waals surface area contributed by atoms with Gasteiger partial charge in [-0.15, -0.1) is 0 Å². The predicted molar refractivity (Wildman–Crippen MR) is 48.0 cm³/mol. The fourth-order valence-corrected chi connectivity index (χ4v) is 1.56. The van der Waals surface area contributed by atoms with Gasteiger partial charge in [0.25, 0.3) is 0 Å². The average Bonchev–Trinajstić information content (AvgIpc) is 2.05. The highest BCUT2D eigenvalue weighted by molar-refractivity contribution is 5.81. The number of ether oxygens (including phenoxy) is 1. The molecule has 0 aromatic rings. The molecule has 0 aliphatic carbocycles. The van der Waals surface area contributed by atoms with E-state index in [0.717, 1.165) is 19.4 Å². The second-order valence-electron chi connectivity index (χ2n) is 3.98. The van der Waals surface area contributed by atoms with E-state index >= 15 is 0 Å². The van der Waals surface area contributed by atoms with Gasteiger partial charge in [-0.25, -0.2) is 0 Å². The number of hydrogen-bond donors (Lipinski definition) is 0. The summed E-state index contributed by atoms with van der Waals surface area (Å²) in [6.07, 6.45) is 2.80. The van der Waals surface area contributed by atoms with Crippen LogP contribution in [0.3, 0.4) is 0 Å². The average molecular weight is 170 g/mol. The highest BCUT2D eigenvalue weighted by atomic mass is 16.5. The van der Waals surface area contributed by atoms with E-state index < -0.39 is 0 Å². The lowest BCUT2D eigenvalue weighted by atomic mass is 9.92. The molecule has 1 rings (SSSR count). The van der Waals surface area contributed by atoms with E-state index in [1.807, 2.05) is 0 Å². The third-order valence-corrected chi connectivity index (χ3v) is 2.23. The summed E-state index contributed by atoms with van der Waals surface area (Å²) >= 11 is 0. The quantitative estimate of drug-likeness (QED) is 0.647. The van der Waals surface area contributed by atoms with Crippen LogP contribution < -0.4 is 0 Å². The Labute approximate surface area is 74.3 Å². The van der Waals surface area contributed by atoms with E-state index in [9.17, 15) is 4.79 Å². The molecule has 0 saturated carbocycles. The van der Waals surface area contributed by atoms with E-state index in [1.54, 1.807) is 0 Å². The summed E-state index contributed by atoms with van der Waals surface area (Å²) in [5, 5.41) is 0. The number of carbonyl (C=O) groups excluding carboxylic acids is 1. The number of ketones is 1. The first kappa shape index (κ1) is 9.72. The highest BCUT2D eigenvalue weighted by Gasteiger charge is 2.21. The van der Waals surface area contributed by atoms with Crippen LogP contribution in [-0.2, 0) is 9.53 Å². The van der Waals surface area contributed by atoms with E-state index in [1.165, 1.54) is 0 Å². The predicted octanol–water partition coefficient (Wildman–Crippen LogP) is 2.03. The summed E-state index contributed by atoms with van der Waals surface area (Å²) in [7, 11) is 0. The Balaban J connectivity index is 2.30. The van der Waals surface area contributed by atoms with Crippen molar-refractivity contribution in [1.29, 1.82) is 0 Å². The van der Waals surface area contributed by atoms with Crippen LogP contribution >= 0.6 is 0 Å². The topological polar surface area (TPSA) is 26.3 Å². The maximum Gasteiger partial charge on any atom is 0.138 e. The third kappa shape index (κ3) is 2.94. The monoisotopic (exact) mass is 170 g/mol. The Hall–Kier alpha value is -0.370. The molecular weight excluding hydrogens is 152 g/mol. The van der Waals surface area contributed by atoms with Gasteiger partial charge in [0.05, 0.1) is 6.61 Å². The first-order valence-electron chi connectivity index (χ1n) is 4.80. The maximum absolute atomic E-state index is 11.5. The molecule has 1 saturated heterocycles. The number of Topliss-reactive ketones (excluding diaryl/α,β-unsaturated/α-hetero) is 1. The van der Waals surface area contributed by atoms with E-state index in [0.29, 0.717) is 24.7 Å². The molecule has 2 heteroatoms. The van der Waals surface area contributed by atoms with E-state index in [-0.39, 0.29) is 5.92 Å². The summed E-state index contributed by atoms with van der Waals surface area (Å²) in [5.41, 5.74) is 0. The van der Waals surface area contributed by atoms with Gasteiger partial charge in [-0.2, -0.15) is 0 Å². The van der Waals surface area contributed by atoms with Crippen molar-refractivity contribution in [2.75, 3.05) is 13.2 Å². The molecule has 2 nitrogen and oxygen atoms in total.